The lowest BCUT2D eigenvalue weighted by molar-refractivity contribution is -0.226. The van der Waals surface area contributed by atoms with E-state index < -0.39 is 29.2 Å². The van der Waals surface area contributed by atoms with Crippen LogP contribution < -0.4 is 0 Å². The molecule has 8 rings (SSSR count). The molecule has 0 aromatic carbocycles. The van der Waals surface area contributed by atoms with Gasteiger partial charge >= 0.3 is 18.0 Å². The van der Waals surface area contributed by atoms with Gasteiger partial charge in [0.1, 0.15) is 17.8 Å². The van der Waals surface area contributed by atoms with Crippen molar-refractivity contribution in [1.82, 2.24) is 0 Å². The number of ether oxygens (including phenoxy) is 3. The molecule has 0 aromatic rings. The second-order valence-electron chi connectivity index (χ2n) is 13.2. The van der Waals surface area contributed by atoms with E-state index in [0.29, 0.717) is 49.9 Å². The lowest BCUT2D eigenvalue weighted by Gasteiger charge is -2.61. The van der Waals surface area contributed by atoms with E-state index in [4.69, 9.17) is 14.2 Å². The smallest absolute Gasteiger partial charge is 0.455 e. The first-order valence-electron chi connectivity index (χ1n) is 13.5. The fraction of sp³-hybridized carbons (Fsp3) is 0.926. The van der Waals surface area contributed by atoms with Gasteiger partial charge in [-0.1, -0.05) is 6.92 Å². The molecule has 190 valence electrons. The maximum Gasteiger partial charge on any atom is 0.508 e. The Morgan fingerprint density at radius 1 is 0.853 bits per heavy atom. The number of rotatable bonds is 6. The minimum Gasteiger partial charge on any atom is -0.455 e. The minimum atomic E-state index is -3.50. The summed E-state index contributed by atoms with van der Waals surface area (Å²) in [6.07, 6.45) is 10.9. The van der Waals surface area contributed by atoms with E-state index in [2.05, 4.69) is 6.92 Å². The Morgan fingerprint density at radius 3 is 1.94 bits per heavy atom. The Balaban J connectivity index is 1.13. The molecule has 0 N–H and O–H groups in total. The number of carbonyl (C=O) groups excluding carboxylic acids is 2. The number of esters is 1. The molecule has 8 aliphatic carbocycles. The van der Waals surface area contributed by atoms with E-state index >= 15 is 0 Å². The monoisotopic (exact) mass is 480 g/mol. The molecular weight excluding hydrogens is 442 g/mol. The SMILES string of the molecule is CCC1(OC(=O)OCC23CC4CC(C2)CC(OC(=O)C(C)(F)F)(C4)C3)C2CC3CC(C2)CC1C3. The maximum atomic E-state index is 13.6. The fourth-order valence-electron chi connectivity index (χ4n) is 10.1. The first-order valence-corrected chi connectivity index (χ1v) is 13.5. The predicted molar refractivity (Wildman–Crippen MR) is 119 cm³/mol. The van der Waals surface area contributed by atoms with Crippen molar-refractivity contribution in [2.45, 2.75) is 108 Å². The summed E-state index contributed by atoms with van der Waals surface area (Å²) in [4.78, 5) is 25.1. The molecule has 0 radical (unpaired) electrons. The van der Waals surface area contributed by atoms with Crippen molar-refractivity contribution < 1.29 is 32.6 Å². The Bertz CT molecular complexity index is 822. The van der Waals surface area contributed by atoms with E-state index in [1.54, 1.807) is 0 Å². The number of halogens is 2. The van der Waals surface area contributed by atoms with Crippen LogP contribution in [-0.2, 0) is 19.0 Å². The summed E-state index contributed by atoms with van der Waals surface area (Å²) in [5.41, 5.74) is -1.55. The van der Waals surface area contributed by atoms with E-state index in [9.17, 15) is 18.4 Å². The molecule has 0 spiro atoms. The molecule has 8 fully saturated rings. The molecule has 5 nitrogen and oxygen atoms in total. The Labute approximate surface area is 200 Å². The van der Waals surface area contributed by atoms with Gasteiger partial charge in [0.05, 0.1) is 0 Å². The molecule has 0 aliphatic heterocycles. The summed E-state index contributed by atoms with van der Waals surface area (Å²) in [6.45, 7) is 2.95. The van der Waals surface area contributed by atoms with Crippen LogP contribution in [0.5, 0.6) is 0 Å². The van der Waals surface area contributed by atoms with Crippen LogP contribution in [0.15, 0.2) is 0 Å². The standard InChI is InChI=1S/C27H38F2O5/c1-3-27(20-6-16-4-17(8-20)9-21(27)7-16)34-23(31)32-15-25-10-18-5-19(11-25)13-26(12-18,14-25)33-22(30)24(2,28)29/h16-21H,3-15H2,1-2H3. The molecule has 0 heterocycles. The minimum absolute atomic E-state index is 0.223. The van der Waals surface area contributed by atoms with E-state index in [-0.39, 0.29) is 12.0 Å². The van der Waals surface area contributed by atoms with E-state index in [0.717, 1.165) is 63.2 Å². The van der Waals surface area contributed by atoms with Crippen LogP contribution in [0.3, 0.4) is 0 Å². The summed E-state index contributed by atoms with van der Waals surface area (Å²) in [5.74, 6) is -1.80. The molecule has 2 unspecified atom stereocenters. The summed E-state index contributed by atoms with van der Waals surface area (Å²) in [7, 11) is 0. The number of hydrogen-bond donors (Lipinski definition) is 0. The quantitative estimate of drug-likeness (QED) is 0.419. The van der Waals surface area contributed by atoms with Crippen LogP contribution >= 0.6 is 0 Å². The first-order chi connectivity index (χ1) is 16.0. The highest BCUT2D eigenvalue weighted by atomic mass is 19.3. The third-order valence-corrected chi connectivity index (χ3v) is 10.6. The van der Waals surface area contributed by atoms with Gasteiger partial charge in [0.25, 0.3) is 0 Å². The van der Waals surface area contributed by atoms with Crippen molar-refractivity contribution in [2.75, 3.05) is 6.61 Å². The van der Waals surface area contributed by atoms with Crippen LogP contribution in [0.1, 0.15) is 90.9 Å². The molecule has 34 heavy (non-hydrogen) atoms. The lowest BCUT2D eigenvalue weighted by atomic mass is 9.48. The highest BCUT2D eigenvalue weighted by Gasteiger charge is 2.62. The van der Waals surface area contributed by atoms with Crippen molar-refractivity contribution in [1.29, 1.82) is 0 Å². The van der Waals surface area contributed by atoms with E-state index in [1.807, 2.05) is 0 Å². The van der Waals surface area contributed by atoms with Gasteiger partial charge in [0.15, 0.2) is 0 Å². The van der Waals surface area contributed by atoms with Crippen LogP contribution in [0.2, 0.25) is 0 Å². The highest BCUT2D eigenvalue weighted by molar-refractivity contribution is 5.77. The predicted octanol–water partition coefficient (Wildman–Crippen LogP) is 6.28. The van der Waals surface area contributed by atoms with Gasteiger partial charge in [-0.05, 0) is 113 Å². The summed E-state index contributed by atoms with van der Waals surface area (Å²) in [6, 6.07) is 0. The van der Waals surface area contributed by atoms with Crippen molar-refractivity contribution in [3.63, 3.8) is 0 Å². The Morgan fingerprint density at radius 2 is 1.41 bits per heavy atom. The molecular formula is C27H38F2O5. The third kappa shape index (κ3) is 3.66. The zero-order valence-electron chi connectivity index (χ0n) is 20.5. The molecule has 0 amide bonds. The Kier molecular flexibility index (Phi) is 5.11. The van der Waals surface area contributed by atoms with Crippen molar-refractivity contribution >= 4 is 12.1 Å². The van der Waals surface area contributed by atoms with Crippen LogP contribution in [0.25, 0.3) is 0 Å². The summed E-state index contributed by atoms with van der Waals surface area (Å²) in [5, 5.41) is 0. The normalized spacial score (nSPS) is 48.1. The molecule has 7 heteroatoms. The molecule has 8 bridgehead atoms. The second kappa shape index (κ2) is 7.55. The fourth-order valence-corrected chi connectivity index (χ4v) is 10.1. The average Bonchev–Trinajstić information content (AvgIpc) is 2.73. The molecule has 0 aromatic heterocycles. The molecule has 2 atom stereocenters. The summed E-state index contributed by atoms with van der Waals surface area (Å²) < 4.78 is 44.8. The van der Waals surface area contributed by atoms with Gasteiger partial charge < -0.3 is 14.2 Å². The van der Waals surface area contributed by atoms with Crippen LogP contribution in [0.4, 0.5) is 13.6 Å². The molecule has 8 saturated carbocycles. The van der Waals surface area contributed by atoms with Gasteiger partial charge in [-0.2, -0.15) is 8.78 Å². The first kappa shape index (κ1) is 23.0. The van der Waals surface area contributed by atoms with Gasteiger partial charge in [0, 0.05) is 12.3 Å². The number of hydrogen-bond acceptors (Lipinski definition) is 5. The van der Waals surface area contributed by atoms with Gasteiger partial charge in [-0.25, -0.2) is 9.59 Å². The van der Waals surface area contributed by atoms with Gasteiger partial charge in [-0.15, -0.1) is 0 Å². The Hall–Kier alpha value is -1.40. The van der Waals surface area contributed by atoms with Crippen LogP contribution in [-0.4, -0.2) is 35.9 Å². The number of alkyl halides is 2. The average molecular weight is 481 g/mol. The van der Waals surface area contributed by atoms with Crippen LogP contribution in [0, 0.1) is 40.9 Å². The van der Waals surface area contributed by atoms with Crippen molar-refractivity contribution in [3.8, 4) is 0 Å². The zero-order chi connectivity index (χ0) is 23.9. The number of carbonyl (C=O) groups is 2. The van der Waals surface area contributed by atoms with Gasteiger partial charge in [-0.3, -0.25) is 0 Å². The summed E-state index contributed by atoms with van der Waals surface area (Å²) >= 11 is 0. The van der Waals surface area contributed by atoms with Crippen molar-refractivity contribution in [2.24, 2.45) is 40.9 Å². The second-order valence-corrected chi connectivity index (χ2v) is 13.2. The van der Waals surface area contributed by atoms with Crippen molar-refractivity contribution in [3.05, 3.63) is 0 Å². The molecule has 0 saturated heterocycles. The topological polar surface area (TPSA) is 61.8 Å². The third-order valence-electron chi connectivity index (χ3n) is 10.6. The van der Waals surface area contributed by atoms with Gasteiger partial charge in [0.2, 0.25) is 0 Å². The largest absolute Gasteiger partial charge is 0.508 e. The van der Waals surface area contributed by atoms with E-state index in [1.165, 1.54) is 6.42 Å². The maximum absolute atomic E-state index is 13.6. The lowest BCUT2D eigenvalue weighted by Crippen LogP contribution is -2.60. The molecule has 8 aliphatic rings. The zero-order valence-corrected chi connectivity index (χ0v) is 20.5. The highest BCUT2D eigenvalue weighted by Crippen LogP contribution is 2.64.